The summed E-state index contributed by atoms with van der Waals surface area (Å²) in [5.74, 6) is 2.64. The number of rotatable bonds is 6. The van der Waals surface area contributed by atoms with Crippen LogP contribution >= 0.6 is 11.3 Å². The van der Waals surface area contributed by atoms with Gasteiger partial charge in [0.05, 0.1) is 24.8 Å². The first kappa shape index (κ1) is 17.9. The molecule has 0 aliphatic heterocycles. The van der Waals surface area contributed by atoms with Gasteiger partial charge in [0.1, 0.15) is 11.5 Å². The van der Waals surface area contributed by atoms with E-state index in [4.69, 9.17) is 9.15 Å². The van der Waals surface area contributed by atoms with Crippen LogP contribution in [0, 0.1) is 6.92 Å². The number of benzene rings is 1. The number of ether oxygens (including phenoxy) is 1. The zero-order valence-electron chi connectivity index (χ0n) is 15.2. The number of H-pyrrole nitrogens is 1. The zero-order chi connectivity index (χ0) is 19.5. The molecule has 142 valence electrons. The average Bonchev–Trinajstić information content (AvgIpc) is 3.43. The Hall–Kier alpha value is -3.46. The summed E-state index contributed by atoms with van der Waals surface area (Å²) in [5.41, 5.74) is 1.42. The van der Waals surface area contributed by atoms with Crippen molar-refractivity contribution >= 4 is 23.2 Å². The number of thiazole rings is 1. The number of nitrogens with one attached hydrogen (secondary N) is 2. The Bertz CT molecular complexity index is 1110. The zero-order valence-corrected chi connectivity index (χ0v) is 16.0. The molecule has 0 saturated heterocycles. The molecule has 0 aliphatic rings. The van der Waals surface area contributed by atoms with Gasteiger partial charge in [0, 0.05) is 5.38 Å². The molecule has 1 aromatic carbocycles. The van der Waals surface area contributed by atoms with E-state index in [2.05, 4.69) is 25.5 Å². The number of aromatic nitrogens is 4. The Morgan fingerprint density at radius 1 is 1.25 bits per heavy atom. The third-order valence-corrected chi connectivity index (χ3v) is 4.85. The van der Waals surface area contributed by atoms with Gasteiger partial charge in [-0.05, 0) is 31.2 Å². The maximum Gasteiger partial charge on any atom is 0.249 e. The van der Waals surface area contributed by atoms with Gasteiger partial charge in [-0.2, -0.15) is 4.98 Å². The number of aryl methyl sites for hydroxylation is 1. The van der Waals surface area contributed by atoms with Crippen LogP contribution in [0.3, 0.4) is 0 Å². The SMILES string of the molecule is COc1ccccc1-c1nc(NC(=O)Cc2csc(-c3ccc(C)o3)n2)n[nH]1. The van der Waals surface area contributed by atoms with Crippen LogP contribution in [0.1, 0.15) is 11.5 Å². The molecule has 2 N–H and O–H groups in total. The van der Waals surface area contributed by atoms with Crippen molar-refractivity contribution < 1.29 is 13.9 Å². The molecule has 8 nitrogen and oxygen atoms in total. The Balaban J connectivity index is 1.42. The Morgan fingerprint density at radius 3 is 2.89 bits per heavy atom. The Kier molecular flexibility index (Phi) is 4.90. The van der Waals surface area contributed by atoms with Gasteiger partial charge >= 0.3 is 0 Å². The molecule has 0 atom stereocenters. The van der Waals surface area contributed by atoms with Crippen molar-refractivity contribution in [1.29, 1.82) is 0 Å². The normalized spacial score (nSPS) is 10.8. The molecule has 4 rings (SSSR count). The van der Waals surface area contributed by atoms with Crippen molar-refractivity contribution in [2.45, 2.75) is 13.3 Å². The summed E-state index contributed by atoms with van der Waals surface area (Å²) < 4.78 is 10.9. The van der Waals surface area contributed by atoms with Crippen molar-refractivity contribution in [2.24, 2.45) is 0 Å². The van der Waals surface area contributed by atoms with E-state index in [1.165, 1.54) is 11.3 Å². The third-order valence-electron chi connectivity index (χ3n) is 3.94. The first-order valence-corrected chi connectivity index (χ1v) is 9.37. The number of furan rings is 1. The maximum atomic E-state index is 12.3. The number of anilines is 1. The molecule has 3 heterocycles. The van der Waals surface area contributed by atoms with Crippen LogP contribution in [0.4, 0.5) is 5.95 Å². The van der Waals surface area contributed by atoms with Gasteiger partial charge in [-0.25, -0.2) is 4.98 Å². The minimum Gasteiger partial charge on any atom is -0.496 e. The van der Waals surface area contributed by atoms with Gasteiger partial charge in [0.15, 0.2) is 16.6 Å². The minimum atomic E-state index is -0.252. The van der Waals surface area contributed by atoms with Crippen LogP contribution in [-0.2, 0) is 11.2 Å². The molecule has 0 unspecified atom stereocenters. The van der Waals surface area contributed by atoms with Crippen molar-refractivity contribution in [2.75, 3.05) is 12.4 Å². The molecule has 0 aliphatic carbocycles. The maximum absolute atomic E-state index is 12.3. The van der Waals surface area contributed by atoms with Gasteiger partial charge in [-0.3, -0.25) is 15.2 Å². The molecule has 0 radical (unpaired) electrons. The van der Waals surface area contributed by atoms with Crippen molar-refractivity contribution in [3.05, 3.63) is 53.2 Å². The second-order valence-corrected chi connectivity index (χ2v) is 6.85. The largest absolute Gasteiger partial charge is 0.496 e. The van der Waals surface area contributed by atoms with Crippen LogP contribution < -0.4 is 10.1 Å². The first-order valence-electron chi connectivity index (χ1n) is 8.49. The van der Waals surface area contributed by atoms with Gasteiger partial charge in [-0.15, -0.1) is 16.4 Å². The second-order valence-electron chi connectivity index (χ2n) is 5.99. The van der Waals surface area contributed by atoms with E-state index in [1.54, 1.807) is 7.11 Å². The summed E-state index contributed by atoms with van der Waals surface area (Å²) in [4.78, 5) is 21.1. The summed E-state index contributed by atoms with van der Waals surface area (Å²) in [6.45, 7) is 1.88. The quantitative estimate of drug-likeness (QED) is 0.516. The monoisotopic (exact) mass is 395 g/mol. The number of carbonyl (C=O) groups excluding carboxylic acids is 1. The molecule has 9 heteroatoms. The van der Waals surface area contributed by atoms with E-state index < -0.39 is 0 Å². The second kappa shape index (κ2) is 7.65. The number of hydrogen-bond donors (Lipinski definition) is 2. The standard InChI is InChI=1S/C19H17N5O3S/c1-11-7-8-15(27-11)18-20-12(10-28-18)9-16(25)21-19-22-17(23-24-19)13-5-3-4-6-14(13)26-2/h3-8,10H,9H2,1-2H3,(H2,21,22,23,24,25). The molecule has 4 aromatic rings. The fourth-order valence-electron chi connectivity index (χ4n) is 2.66. The lowest BCUT2D eigenvalue weighted by Crippen LogP contribution is -2.15. The predicted molar refractivity (Wildman–Crippen MR) is 105 cm³/mol. The number of amides is 1. The number of methoxy groups -OCH3 is 1. The van der Waals surface area contributed by atoms with Gasteiger partial charge < -0.3 is 9.15 Å². The third kappa shape index (κ3) is 3.79. The Labute approximate surface area is 164 Å². The molecule has 0 fully saturated rings. The van der Waals surface area contributed by atoms with E-state index in [-0.39, 0.29) is 18.3 Å². The van der Waals surface area contributed by atoms with Crippen molar-refractivity contribution in [1.82, 2.24) is 20.2 Å². The summed E-state index contributed by atoms with van der Waals surface area (Å²) in [6.07, 6.45) is 0.120. The van der Waals surface area contributed by atoms with Crippen LogP contribution in [-0.4, -0.2) is 33.2 Å². The van der Waals surface area contributed by atoms with Crippen molar-refractivity contribution in [3.63, 3.8) is 0 Å². The summed E-state index contributed by atoms with van der Waals surface area (Å²) >= 11 is 1.43. The van der Waals surface area contributed by atoms with E-state index in [0.29, 0.717) is 23.0 Å². The summed E-state index contributed by atoms with van der Waals surface area (Å²) in [6, 6.07) is 11.2. The first-order chi connectivity index (χ1) is 13.6. The number of carbonyl (C=O) groups is 1. The van der Waals surface area contributed by atoms with E-state index in [1.807, 2.05) is 48.7 Å². The smallest absolute Gasteiger partial charge is 0.249 e. The van der Waals surface area contributed by atoms with Crippen LogP contribution in [0.2, 0.25) is 0 Å². The van der Waals surface area contributed by atoms with E-state index in [0.717, 1.165) is 16.3 Å². The lowest BCUT2D eigenvalue weighted by Gasteiger charge is -2.04. The van der Waals surface area contributed by atoms with E-state index >= 15 is 0 Å². The lowest BCUT2D eigenvalue weighted by atomic mass is 10.2. The molecule has 1 amide bonds. The van der Waals surface area contributed by atoms with E-state index in [9.17, 15) is 4.79 Å². The number of para-hydroxylation sites is 1. The number of hydrogen-bond acceptors (Lipinski definition) is 7. The summed E-state index contributed by atoms with van der Waals surface area (Å²) in [7, 11) is 1.59. The molecular weight excluding hydrogens is 378 g/mol. The van der Waals surface area contributed by atoms with Crippen LogP contribution in [0.25, 0.3) is 22.2 Å². The molecule has 0 saturated carbocycles. The predicted octanol–water partition coefficient (Wildman–Crippen LogP) is 3.69. The molecule has 28 heavy (non-hydrogen) atoms. The van der Waals surface area contributed by atoms with Crippen LogP contribution in [0.5, 0.6) is 5.75 Å². The highest BCUT2D eigenvalue weighted by Crippen LogP contribution is 2.27. The highest BCUT2D eigenvalue weighted by Gasteiger charge is 2.14. The highest BCUT2D eigenvalue weighted by atomic mass is 32.1. The van der Waals surface area contributed by atoms with Gasteiger partial charge in [0.2, 0.25) is 11.9 Å². The fourth-order valence-corrected chi connectivity index (χ4v) is 3.44. The number of aromatic amines is 1. The molecule has 0 bridgehead atoms. The highest BCUT2D eigenvalue weighted by molar-refractivity contribution is 7.13. The molecule has 0 spiro atoms. The molecule has 3 aromatic heterocycles. The number of nitrogens with zero attached hydrogens (tertiary/aromatic N) is 3. The van der Waals surface area contributed by atoms with Crippen molar-refractivity contribution in [3.8, 4) is 27.9 Å². The fraction of sp³-hybridized carbons (Fsp3) is 0.158. The van der Waals surface area contributed by atoms with Crippen LogP contribution in [0.15, 0.2) is 46.2 Å². The molecular formula is C19H17N5O3S. The lowest BCUT2D eigenvalue weighted by molar-refractivity contribution is -0.115. The Morgan fingerprint density at radius 2 is 2.11 bits per heavy atom. The van der Waals surface area contributed by atoms with Gasteiger partial charge in [-0.1, -0.05) is 12.1 Å². The summed E-state index contributed by atoms with van der Waals surface area (Å²) in [5, 5.41) is 12.1. The average molecular weight is 395 g/mol. The van der Waals surface area contributed by atoms with Gasteiger partial charge in [0.25, 0.3) is 0 Å². The topological polar surface area (TPSA) is 106 Å². The minimum absolute atomic E-state index is 0.120.